The van der Waals surface area contributed by atoms with Crippen LogP contribution in [-0.4, -0.2) is 20.2 Å². The largest absolute Gasteiger partial charge is 0.495 e. The van der Waals surface area contributed by atoms with Crippen molar-refractivity contribution in [1.29, 1.82) is 0 Å². The van der Waals surface area contributed by atoms with Gasteiger partial charge in [0.1, 0.15) is 23.0 Å². The summed E-state index contributed by atoms with van der Waals surface area (Å²) in [7, 11) is 3.17. The second-order valence-corrected chi connectivity index (χ2v) is 8.39. The molecule has 0 amide bonds. The molecule has 2 heterocycles. The number of rotatable bonds is 2. The first kappa shape index (κ1) is 18.5. The highest BCUT2D eigenvalue weighted by Gasteiger charge is 2.54. The molecular formula is C22H14Br2O5. The lowest BCUT2D eigenvalue weighted by atomic mass is 9.77. The summed E-state index contributed by atoms with van der Waals surface area (Å²) in [6.07, 6.45) is 0. The fraction of sp³-hybridized carbons (Fsp3) is 0.136. The Morgan fingerprint density at radius 3 is 1.93 bits per heavy atom. The lowest BCUT2D eigenvalue weighted by Crippen LogP contribution is -2.33. The minimum atomic E-state index is -1.14. The predicted octanol–water partition coefficient (Wildman–Crippen LogP) is 5.80. The smallest absolute Gasteiger partial charge is 0.340 e. The Labute approximate surface area is 183 Å². The van der Waals surface area contributed by atoms with E-state index in [9.17, 15) is 4.79 Å². The number of esters is 1. The molecule has 2 aliphatic heterocycles. The zero-order valence-corrected chi connectivity index (χ0v) is 18.6. The normalized spacial score (nSPS) is 15.1. The lowest BCUT2D eigenvalue weighted by molar-refractivity contribution is 0.0223. The van der Waals surface area contributed by atoms with Crippen LogP contribution in [0.15, 0.2) is 57.5 Å². The predicted molar refractivity (Wildman–Crippen MR) is 113 cm³/mol. The standard InChI is InChI=1S/C22H14Br2O5/c1-26-19-9-17-13(7-15(19)23)22(12-6-4-3-5-11(12)21(25)29-22)14-8-16(24)20(27-2)10-18(14)28-17/h3-10H,1-2H3. The molecule has 2 aliphatic rings. The number of benzene rings is 3. The molecular weight excluding hydrogens is 504 g/mol. The average molecular weight is 518 g/mol. The van der Waals surface area contributed by atoms with E-state index in [4.69, 9.17) is 18.9 Å². The van der Waals surface area contributed by atoms with Gasteiger partial charge in [0.05, 0.1) is 28.7 Å². The molecule has 5 rings (SSSR count). The Bertz CT molecular complexity index is 1130. The van der Waals surface area contributed by atoms with Gasteiger partial charge < -0.3 is 18.9 Å². The Kier molecular flexibility index (Phi) is 4.15. The van der Waals surface area contributed by atoms with E-state index < -0.39 is 5.60 Å². The molecule has 3 aromatic rings. The van der Waals surface area contributed by atoms with E-state index in [0.29, 0.717) is 39.7 Å². The maximum absolute atomic E-state index is 12.8. The molecule has 0 fully saturated rings. The second kappa shape index (κ2) is 6.50. The Balaban J connectivity index is 1.90. The molecule has 146 valence electrons. The highest BCUT2D eigenvalue weighted by atomic mass is 79.9. The third-order valence-electron chi connectivity index (χ3n) is 5.26. The van der Waals surface area contributed by atoms with Gasteiger partial charge in [-0.2, -0.15) is 0 Å². The van der Waals surface area contributed by atoms with Crippen LogP contribution in [0.2, 0.25) is 0 Å². The van der Waals surface area contributed by atoms with E-state index in [1.807, 2.05) is 30.3 Å². The number of methoxy groups -OCH3 is 2. The van der Waals surface area contributed by atoms with Crippen molar-refractivity contribution >= 4 is 37.8 Å². The quantitative estimate of drug-likeness (QED) is 0.402. The summed E-state index contributed by atoms with van der Waals surface area (Å²) in [5, 5.41) is 0. The summed E-state index contributed by atoms with van der Waals surface area (Å²) in [6.45, 7) is 0. The first-order valence-electron chi connectivity index (χ1n) is 8.76. The van der Waals surface area contributed by atoms with Crippen LogP contribution in [0.3, 0.4) is 0 Å². The summed E-state index contributed by atoms with van der Waals surface area (Å²) in [5.41, 5.74) is 1.59. The number of fused-ring (bicyclic) bond motifs is 6. The number of ether oxygens (including phenoxy) is 4. The molecule has 0 bridgehead atoms. The third-order valence-corrected chi connectivity index (χ3v) is 6.50. The molecule has 0 saturated heterocycles. The molecule has 0 radical (unpaired) electrons. The molecule has 5 nitrogen and oxygen atoms in total. The lowest BCUT2D eigenvalue weighted by Gasteiger charge is -2.37. The SMILES string of the molecule is COc1cc2c(cc1Br)C1(OC(=O)c3ccccc31)c1cc(Br)c(OC)cc1O2. The number of halogens is 2. The van der Waals surface area contributed by atoms with Gasteiger partial charge >= 0.3 is 5.97 Å². The van der Waals surface area contributed by atoms with Gasteiger partial charge in [0, 0.05) is 28.8 Å². The van der Waals surface area contributed by atoms with Gasteiger partial charge in [-0.15, -0.1) is 0 Å². The van der Waals surface area contributed by atoms with Crippen LogP contribution in [0.1, 0.15) is 27.0 Å². The van der Waals surface area contributed by atoms with E-state index in [1.165, 1.54) is 0 Å². The number of carbonyl (C=O) groups is 1. The maximum atomic E-state index is 12.8. The van der Waals surface area contributed by atoms with Gasteiger partial charge in [-0.3, -0.25) is 0 Å². The van der Waals surface area contributed by atoms with Crippen LogP contribution in [0, 0.1) is 0 Å². The Morgan fingerprint density at radius 2 is 1.38 bits per heavy atom. The second-order valence-electron chi connectivity index (χ2n) is 6.68. The van der Waals surface area contributed by atoms with Gasteiger partial charge in [-0.25, -0.2) is 4.79 Å². The molecule has 0 unspecified atom stereocenters. The summed E-state index contributed by atoms with van der Waals surface area (Å²) >= 11 is 7.10. The summed E-state index contributed by atoms with van der Waals surface area (Å²) in [4.78, 5) is 12.8. The zero-order valence-electron chi connectivity index (χ0n) is 15.4. The van der Waals surface area contributed by atoms with Gasteiger partial charge in [0.25, 0.3) is 0 Å². The number of hydrogen-bond acceptors (Lipinski definition) is 5. The van der Waals surface area contributed by atoms with Crippen LogP contribution in [0.5, 0.6) is 23.0 Å². The molecule has 29 heavy (non-hydrogen) atoms. The van der Waals surface area contributed by atoms with E-state index in [0.717, 1.165) is 14.5 Å². The summed E-state index contributed by atoms with van der Waals surface area (Å²) < 4.78 is 24.7. The van der Waals surface area contributed by atoms with Crippen LogP contribution in [0.4, 0.5) is 0 Å². The molecule has 0 saturated carbocycles. The summed E-state index contributed by atoms with van der Waals surface area (Å²) in [5.74, 6) is 1.95. The van der Waals surface area contributed by atoms with Gasteiger partial charge in [0.2, 0.25) is 0 Å². The highest BCUT2D eigenvalue weighted by Crippen LogP contribution is 2.58. The fourth-order valence-electron chi connectivity index (χ4n) is 3.98. The first-order chi connectivity index (χ1) is 14.0. The molecule has 1 spiro atoms. The van der Waals surface area contributed by atoms with Crippen molar-refractivity contribution in [1.82, 2.24) is 0 Å². The zero-order chi connectivity index (χ0) is 20.3. The average Bonchev–Trinajstić information content (AvgIpc) is 3.02. The van der Waals surface area contributed by atoms with Gasteiger partial charge in [-0.1, -0.05) is 18.2 Å². The maximum Gasteiger partial charge on any atom is 0.340 e. The third kappa shape index (κ3) is 2.47. The van der Waals surface area contributed by atoms with E-state index in [1.54, 1.807) is 32.4 Å². The van der Waals surface area contributed by atoms with Crippen molar-refractivity contribution in [3.63, 3.8) is 0 Å². The van der Waals surface area contributed by atoms with Crippen molar-refractivity contribution in [2.45, 2.75) is 5.60 Å². The minimum absolute atomic E-state index is 0.377. The highest BCUT2D eigenvalue weighted by molar-refractivity contribution is 9.10. The summed E-state index contributed by atoms with van der Waals surface area (Å²) in [6, 6.07) is 14.7. The van der Waals surface area contributed by atoms with Gasteiger partial charge in [-0.05, 0) is 50.1 Å². The minimum Gasteiger partial charge on any atom is -0.495 e. The molecule has 0 atom stereocenters. The van der Waals surface area contributed by atoms with Crippen molar-refractivity contribution in [2.24, 2.45) is 0 Å². The van der Waals surface area contributed by atoms with Crippen LogP contribution in [-0.2, 0) is 10.3 Å². The van der Waals surface area contributed by atoms with Crippen molar-refractivity contribution in [3.8, 4) is 23.0 Å². The number of carbonyl (C=O) groups excluding carboxylic acids is 1. The van der Waals surface area contributed by atoms with E-state index >= 15 is 0 Å². The molecule has 0 aromatic heterocycles. The van der Waals surface area contributed by atoms with Gasteiger partial charge in [0.15, 0.2) is 5.60 Å². The molecule has 0 aliphatic carbocycles. The van der Waals surface area contributed by atoms with Crippen molar-refractivity contribution in [3.05, 3.63) is 79.7 Å². The molecule has 7 heteroatoms. The number of hydrogen-bond donors (Lipinski definition) is 0. The fourth-order valence-corrected chi connectivity index (χ4v) is 4.99. The van der Waals surface area contributed by atoms with Crippen LogP contribution in [0.25, 0.3) is 0 Å². The van der Waals surface area contributed by atoms with Crippen molar-refractivity contribution < 1.29 is 23.7 Å². The van der Waals surface area contributed by atoms with Crippen LogP contribution >= 0.6 is 31.9 Å². The monoisotopic (exact) mass is 516 g/mol. The molecule has 0 N–H and O–H groups in total. The van der Waals surface area contributed by atoms with Crippen LogP contribution < -0.4 is 14.2 Å². The molecule has 3 aromatic carbocycles. The Hall–Kier alpha value is -2.51. The Morgan fingerprint density at radius 1 is 0.828 bits per heavy atom. The topological polar surface area (TPSA) is 54.0 Å². The van der Waals surface area contributed by atoms with E-state index in [-0.39, 0.29) is 5.97 Å². The van der Waals surface area contributed by atoms with E-state index in [2.05, 4.69) is 31.9 Å². The van der Waals surface area contributed by atoms with Crippen molar-refractivity contribution in [2.75, 3.05) is 14.2 Å². The first-order valence-corrected chi connectivity index (χ1v) is 10.3.